The van der Waals surface area contributed by atoms with Gasteiger partial charge in [0.15, 0.2) is 0 Å². The molecule has 0 saturated heterocycles. The van der Waals surface area contributed by atoms with Crippen LogP contribution in [0.15, 0.2) is 12.1 Å². The molecule has 0 aliphatic heterocycles. The predicted octanol–water partition coefficient (Wildman–Crippen LogP) is 2.26. The SMILES string of the molecule is O=[N+]([O-])c1ccc2n[nH]c(Cl)c2c1F. The van der Waals surface area contributed by atoms with Gasteiger partial charge in [-0.1, -0.05) is 11.6 Å². The number of nitro benzene ring substituents is 1. The molecular weight excluding hydrogens is 213 g/mol. The highest BCUT2D eigenvalue weighted by Crippen LogP contribution is 2.29. The second-order valence-corrected chi connectivity index (χ2v) is 2.97. The number of benzene rings is 1. The molecule has 1 aromatic heterocycles. The number of nitrogens with zero attached hydrogens (tertiary/aromatic N) is 2. The van der Waals surface area contributed by atoms with Gasteiger partial charge >= 0.3 is 5.69 Å². The molecule has 1 N–H and O–H groups in total. The van der Waals surface area contributed by atoms with E-state index in [1.807, 2.05) is 0 Å². The summed E-state index contributed by atoms with van der Waals surface area (Å²) in [7, 11) is 0. The smallest absolute Gasteiger partial charge is 0.266 e. The van der Waals surface area contributed by atoms with E-state index in [0.29, 0.717) is 0 Å². The second kappa shape index (κ2) is 2.91. The van der Waals surface area contributed by atoms with Gasteiger partial charge in [-0.15, -0.1) is 0 Å². The van der Waals surface area contributed by atoms with Gasteiger partial charge in [-0.2, -0.15) is 9.49 Å². The van der Waals surface area contributed by atoms with Crippen molar-refractivity contribution in [2.24, 2.45) is 0 Å². The van der Waals surface area contributed by atoms with Gasteiger partial charge in [-0.05, 0) is 6.07 Å². The van der Waals surface area contributed by atoms with Gasteiger partial charge in [0.1, 0.15) is 5.15 Å². The Balaban J connectivity index is 2.86. The van der Waals surface area contributed by atoms with Crippen molar-refractivity contribution in [2.75, 3.05) is 0 Å². The van der Waals surface area contributed by atoms with Crippen LogP contribution >= 0.6 is 11.6 Å². The topological polar surface area (TPSA) is 71.8 Å². The third-order valence-corrected chi connectivity index (χ3v) is 2.06. The Morgan fingerprint density at radius 1 is 1.57 bits per heavy atom. The van der Waals surface area contributed by atoms with Crippen molar-refractivity contribution in [3.05, 3.63) is 33.2 Å². The standard InChI is InChI=1S/C7H3ClFN3O2/c8-7-5-3(10-11-7)1-2-4(6(5)9)12(13)14/h1-2H,(H,10,11). The number of aromatic amines is 1. The van der Waals surface area contributed by atoms with Gasteiger partial charge in [0.25, 0.3) is 0 Å². The molecule has 72 valence electrons. The number of aromatic nitrogens is 2. The minimum absolute atomic E-state index is 0.0406. The molecular formula is C7H3ClFN3O2. The van der Waals surface area contributed by atoms with Crippen LogP contribution in [-0.4, -0.2) is 15.1 Å². The van der Waals surface area contributed by atoms with Crippen LogP contribution in [0, 0.1) is 15.9 Å². The Hall–Kier alpha value is -1.69. The number of hydrogen-bond acceptors (Lipinski definition) is 3. The maximum absolute atomic E-state index is 13.4. The van der Waals surface area contributed by atoms with Crippen LogP contribution in [-0.2, 0) is 0 Å². The summed E-state index contributed by atoms with van der Waals surface area (Å²) < 4.78 is 13.4. The maximum atomic E-state index is 13.4. The van der Waals surface area contributed by atoms with E-state index in [0.717, 1.165) is 6.07 Å². The highest BCUT2D eigenvalue weighted by Gasteiger charge is 2.20. The highest BCUT2D eigenvalue weighted by atomic mass is 35.5. The lowest BCUT2D eigenvalue weighted by Gasteiger charge is -1.94. The van der Waals surface area contributed by atoms with Crippen molar-refractivity contribution >= 4 is 28.2 Å². The van der Waals surface area contributed by atoms with E-state index in [2.05, 4.69) is 10.2 Å². The van der Waals surface area contributed by atoms with Gasteiger partial charge in [0, 0.05) is 6.07 Å². The number of H-pyrrole nitrogens is 1. The van der Waals surface area contributed by atoms with Gasteiger partial charge in [0.2, 0.25) is 5.82 Å². The molecule has 7 heteroatoms. The van der Waals surface area contributed by atoms with E-state index < -0.39 is 16.4 Å². The van der Waals surface area contributed by atoms with Crippen LogP contribution in [0.25, 0.3) is 10.9 Å². The van der Waals surface area contributed by atoms with E-state index >= 15 is 0 Å². The largest absolute Gasteiger partial charge is 0.305 e. The van der Waals surface area contributed by atoms with E-state index in [9.17, 15) is 14.5 Å². The summed E-state index contributed by atoms with van der Waals surface area (Å²) in [5.74, 6) is -0.966. The molecule has 5 nitrogen and oxygen atoms in total. The second-order valence-electron chi connectivity index (χ2n) is 2.59. The van der Waals surface area contributed by atoms with Crippen LogP contribution in [0.4, 0.5) is 10.1 Å². The summed E-state index contributed by atoms with van der Waals surface area (Å²) in [6.07, 6.45) is 0. The fourth-order valence-corrected chi connectivity index (χ4v) is 1.39. The van der Waals surface area contributed by atoms with E-state index in [1.165, 1.54) is 6.07 Å². The van der Waals surface area contributed by atoms with Crippen LogP contribution in [0.5, 0.6) is 0 Å². The van der Waals surface area contributed by atoms with Crippen LogP contribution in [0.2, 0.25) is 5.15 Å². The average molecular weight is 216 g/mol. The molecule has 0 bridgehead atoms. The lowest BCUT2D eigenvalue weighted by Crippen LogP contribution is -1.92. The van der Waals surface area contributed by atoms with Gasteiger partial charge in [-0.25, -0.2) is 0 Å². The van der Waals surface area contributed by atoms with Gasteiger partial charge < -0.3 is 0 Å². The number of halogens is 2. The van der Waals surface area contributed by atoms with Crippen molar-refractivity contribution in [3.63, 3.8) is 0 Å². The summed E-state index contributed by atoms with van der Waals surface area (Å²) in [4.78, 5) is 9.58. The van der Waals surface area contributed by atoms with Gasteiger partial charge in [-0.3, -0.25) is 15.2 Å². The quantitative estimate of drug-likeness (QED) is 0.586. The summed E-state index contributed by atoms with van der Waals surface area (Å²) >= 11 is 5.57. The molecule has 0 aliphatic carbocycles. The molecule has 2 aromatic rings. The van der Waals surface area contributed by atoms with Crippen molar-refractivity contribution < 1.29 is 9.31 Å². The number of fused-ring (bicyclic) bond motifs is 1. The van der Waals surface area contributed by atoms with E-state index in [-0.39, 0.29) is 16.1 Å². The molecule has 1 aromatic carbocycles. The molecule has 1 heterocycles. The first-order valence-electron chi connectivity index (χ1n) is 3.57. The third kappa shape index (κ3) is 1.12. The average Bonchev–Trinajstić information content (AvgIpc) is 2.48. The summed E-state index contributed by atoms with van der Waals surface area (Å²) in [6.45, 7) is 0. The first-order valence-corrected chi connectivity index (χ1v) is 3.95. The predicted molar refractivity (Wildman–Crippen MR) is 47.7 cm³/mol. The summed E-state index contributed by atoms with van der Waals surface area (Å²) in [6, 6.07) is 2.38. The third-order valence-electron chi connectivity index (χ3n) is 1.79. The zero-order chi connectivity index (χ0) is 10.3. The lowest BCUT2D eigenvalue weighted by molar-refractivity contribution is -0.387. The van der Waals surface area contributed by atoms with Crippen molar-refractivity contribution in [1.29, 1.82) is 0 Å². The van der Waals surface area contributed by atoms with Gasteiger partial charge in [0.05, 0.1) is 15.8 Å². The molecule has 2 rings (SSSR count). The first kappa shape index (κ1) is 8.89. The van der Waals surface area contributed by atoms with Crippen LogP contribution < -0.4 is 0 Å². The maximum Gasteiger partial charge on any atom is 0.305 e. The Morgan fingerprint density at radius 3 is 2.93 bits per heavy atom. The Bertz CT molecular complexity index is 525. The van der Waals surface area contributed by atoms with E-state index in [1.54, 1.807) is 0 Å². The summed E-state index contributed by atoms with van der Waals surface area (Å²) in [5, 5.41) is 16.3. The number of nitrogens with one attached hydrogen (secondary N) is 1. The number of nitro groups is 1. The van der Waals surface area contributed by atoms with E-state index in [4.69, 9.17) is 11.6 Å². The normalized spacial score (nSPS) is 10.7. The first-order chi connectivity index (χ1) is 6.61. The molecule has 0 aliphatic rings. The summed E-state index contributed by atoms with van der Waals surface area (Å²) in [5.41, 5.74) is -0.348. The number of rotatable bonds is 1. The monoisotopic (exact) mass is 215 g/mol. The molecule has 14 heavy (non-hydrogen) atoms. The molecule has 0 amide bonds. The molecule has 0 radical (unpaired) electrons. The molecule has 0 unspecified atom stereocenters. The zero-order valence-electron chi connectivity index (χ0n) is 6.62. The Morgan fingerprint density at radius 2 is 2.29 bits per heavy atom. The lowest BCUT2D eigenvalue weighted by atomic mass is 10.2. The minimum Gasteiger partial charge on any atom is -0.266 e. The van der Waals surface area contributed by atoms with Crippen LogP contribution in [0.3, 0.4) is 0 Å². The number of hydrogen-bond donors (Lipinski definition) is 1. The van der Waals surface area contributed by atoms with Crippen molar-refractivity contribution in [2.45, 2.75) is 0 Å². The molecule has 0 spiro atoms. The molecule has 0 fully saturated rings. The van der Waals surface area contributed by atoms with Crippen molar-refractivity contribution in [3.8, 4) is 0 Å². The fraction of sp³-hybridized carbons (Fsp3) is 0. The molecule has 0 atom stereocenters. The Kier molecular flexibility index (Phi) is 1.85. The zero-order valence-corrected chi connectivity index (χ0v) is 7.38. The van der Waals surface area contributed by atoms with Crippen LogP contribution in [0.1, 0.15) is 0 Å². The highest BCUT2D eigenvalue weighted by molar-refractivity contribution is 6.34. The Labute approximate surface area is 81.6 Å². The minimum atomic E-state index is -0.966. The van der Waals surface area contributed by atoms with Crippen molar-refractivity contribution in [1.82, 2.24) is 10.2 Å². The fourth-order valence-electron chi connectivity index (χ4n) is 1.16. The molecule has 0 saturated carbocycles.